The molecule has 0 spiro atoms. The van der Waals surface area contributed by atoms with E-state index in [1.807, 2.05) is 0 Å². The van der Waals surface area contributed by atoms with Gasteiger partial charge in [0.15, 0.2) is 0 Å². The summed E-state index contributed by atoms with van der Waals surface area (Å²) in [7, 11) is 0. The SMILES string of the molecule is CC1CC[N]C(S)C1(C)CCl. The molecule has 0 aromatic rings. The van der Waals surface area contributed by atoms with E-state index in [2.05, 4.69) is 31.8 Å². The maximum absolute atomic E-state index is 5.90. The molecule has 0 aromatic carbocycles. The normalized spacial score (nSPS) is 45.8. The van der Waals surface area contributed by atoms with Crippen LogP contribution >= 0.6 is 24.2 Å². The third-order valence-electron chi connectivity index (χ3n) is 2.87. The van der Waals surface area contributed by atoms with Gasteiger partial charge in [0.1, 0.15) is 0 Å². The number of piperidine rings is 1. The van der Waals surface area contributed by atoms with Crippen molar-refractivity contribution in [1.29, 1.82) is 0 Å². The molecule has 0 aliphatic carbocycles. The van der Waals surface area contributed by atoms with Crippen molar-refractivity contribution < 1.29 is 0 Å². The van der Waals surface area contributed by atoms with E-state index in [0.29, 0.717) is 11.8 Å². The van der Waals surface area contributed by atoms with E-state index in [1.165, 1.54) is 0 Å². The van der Waals surface area contributed by atoms with Crippen LogP contribution in [0.2, 0.25) is 0 Å². The third-order valence-corrected chi connectivity index (χ3v) is 4.20. The highest BCUT2D eigenvalue weighted by molar-refractivity contribution is 7.80. The zero-order valence-electron chi connectivity index (χ0n) is 7.05. The summed E-state index contributed by atoms with van der Waals surface area (Å²) >= 11 is 10.3. The Labute approximate surface area is 79.3 Å². The zero-order chi connectivity index (χ0) is 8.48. The standard InChI is InChI=1S/C8H15ClNS/c1-6-3-4-10-7(11)8(6,2)5-9/h6-7,11H,3-5H2,1-2H3. The molecular weight excluding hydrogens is 178 g/mol. The molecule has 0 aromatic heterocycles. The number of halogens is 1. The molecule has 3 atom stereocenters. The van der Waals surface area contributed by atoms with Crippen molar-refractivity contribution >= 4 is 24.2 Å². The Morgan fingerprint density at radius 2 is 2.36 bits per heavy atom. The average Bonchev–Trinajstić information content (AvgIpc) is 2.00. The van der Waals surface area contributed by atoms with Crippen LogP contribution in [0.25, 0.3) is 0 Å². The molecule has 1 rings (SSSR count). The second kappa shape index (κ2) is 3.55. The van der Waals surface area contributed by atoms with Crippen LogP contribution in [-0.2, 0) is 0 Å². The van der Waals surface area contributed by atoms with Crippen LogP contribution in [0.1, 0.15) is 20.3 Å². The van der Waals surface area contributed by atoms with Crippen LogP contribution in [-0.4, -0.2) is 17.8 Å². The number of hydrogen-bond donors (Lipinski definition) is 1. The molecule has 0 saturated carbocycles. The lowest BCUT2D eigenvalue weighted by Crippen LogP contribution is -2.47. The first-order valence-corrected chi connectivity index (χ1v) is 5.07. The first kappa shape index (κ1) is 9.69. The van der Waals surface area contributed by atoms with Gasteiger partial charge in [-0.15, -0.1) is 11.6 Å². The molecule has 1 nitrogen and oxygen atoms in total. The fourth-order valence-electron chi connectivity index (χ4n) is 1.38. The van der Waals surface area contributed by atoms with Gasteiger partial charge >= 0.3 is 0 Å². The van der Waals surface area contributed by atoms with Crippen LogP contribution < -0.4 is 5.32 Å². The third kappa shape index (κ3) is 1.68. The lowest BCUT2D eigenvalue weighted by molar-refractivity contribution is 0.156. The predicted octanol–water partition coefficient (Wildman–Crippen LogP) is 2.13. The van der Waals surface area contributed by atoms with Crippen molar-refractivity contribution in [3.63, 3.8) is 0 Å². The zero-order valence-corrected chi connectivity index (χ0v) is 8.70. The lowest BCUT2D eigenvalue weighted by Gasteiger charge is -2.42. The fraction of sp³-hybridized carbons (Fsp3) is 1.00. The maximum Gasteiger partial charge on any atom is 0.0737 e. The van der Waals surface area contributed by atoms with Crippen LogP contribution in [0.3, 0.4) is 0 Å². The quantitative estimate of drug-likeness (QED) is 0.484. The number of alkyl halides is 1. The van der Waals surface area contributed by atoms with Gasteiger partial charge in [0, 0.05) is 17.8 Å². The Bertz CT molecular complexity index is 130. The molecule has 0 N–H and O–H groups in total. The number of rotatable bonds is 1. The molecule has 1 saturated heterocycles. The van der Waals surface area contributed by atoms with Gasteiger partial charge in [0.2, 0.25) is 0 Å². The summed E-state index contributed by atoms with van der Waals surface area (Å²) in [5.41, 5.74) is 0.100. The topological polar surface area (TPSA) is 14.1 Å². The molecule has 1 heterocycles. The predicted molar refractivity (Wildman–Crippen MR) is 52.4 cm³/mol. The summed E-state index contributed by atoms with van der Waals surface area (Å²) in [6.45, 7) is 5.35. The summed E-state index contributed by atoms with van der Waals surface area (Å²) < 4.78 is 0. The van der Waals surface area contributed by atoms with Crippen LogP contribution in [0.5, 0.6) is 0 Å². The van der Waals surface area contributed by atoms with Crippen molar-refractivity contribution in [1.82, 2.24) is 5.32 Å². The minimum absolute atomic E-state index is 0.100. The van der Waals surface area contributed by atoms with Gasteiger partial charge < -0.3 is 0 Å². The van der Waals surface area contributed by atoms with Crippen molar-refractivity contribution in [2.24, 2.45) is 11.3 Å². The van der Waals surface area contributed by atoms with Gasteiger partial charge in [-0.05, 0) is 12.3 Å². The monoisotopic (exact) mass is 192 g/mol. The number of nitrogens with zero attached hydrogens (tertiary/aromatic N) is 1. The summed E-state index contributed by atoms with van der Waals surface area (Å²) in [5.74, 6) is 1.30. The summed E-state index contributed by atoms with van der Waals surface area (Å²) in [4.78, 5) is 0. The Morgan fingerprint density at radius 1 is 1.73 bits per heavy atom. The summed E-state index contributed by atoms with van der Waals surface area (Å²) in [6, 6.07) is 0. The Morgan fingerprint density at radius 3 is 2.73 bits per heavy atom. The van der Waals surface area contributed by atoms with Crippen molar-refractivity contribution in [3.8, 4) is 0 Å². The maximum atomic E-state index is 5.90. The largest absolute Gasteiger partial charge is 0.227 e. The molecule has 11 heavy (non-hydrogen) atoms. The minimum Gasteiger partial charge on any atom is -0.227 e. The molecule has 0 bridgehead atoms. The molecule has 1 fully saturated rings. The highest BCUT2D eigenvalue weighted by Gasteiger charge is 2.39. The van der Waals surface area contributed by atoms with E-state index in [9.17, 15) is 0 Å². The number of hydrogen-bond acceptors (Lipinski definition) is 1. The van der Waals surface area contributed by atoms with Crippen molar-refractivity contribution in [2.45, 2.75) is 25.6 Å². The van der Waals surface area contributed by atoms with E-state index in [0.717, 1.165) is 13.0 Å². The van der Waals surface area contributed by atoms with E-state index in [-0.39, 0.29) is 10.8 Å². The second-order valence-corrected chi connectivity index (χ2v) is 4.37. The molecule has 1 aliphatic heterocycles. The van der Waals surface area contributed by atoms with Gasteiger partial charge in [0.05, 0.1) is 5.37 Å². The molecule has 65 valence electrons. The lowest BCUT2D eigenvalue weighted by atomic mass is 9.75. The van der Waals surface area contributed by atoms with E-state index in [1.54, 1.807) is 0 Å². The molecule has 3 heteroatoms. The fourth-order valence-corrected chi connectivity index (χ4v) is 2.36. The average molecular weight is 193 g/mol. The van der Waals surface area contributed by atoms with E-state index < -0.39 is 0 Å². The number of thiol groups is 1. The first-order valence-electron chi connectivity index (χ1n) is 4.02. The van der Waals surface area contributed by atoms with Gasteiger partial charge in [-0.1, -0.05) is 13.8 Å². The Balaban J connectivity index is 2.69. The van der Waals surface area contributed by atoms with E-state index >= 15 is 0 Å². The molecule has 1 aliphatic rings. The molecule has 0 amide bonds. The van der Waals surface area contributed by atoms with Gasteiger partial charge in [0.25, 0.3) is 0 Å². The van der Waals surface area contributed by atoms with Crippen LogP contribution in [0, 0.1) is 11.3 Å². The first-order chi connectivity index (χ1) is 5.11. The van der Waals surface area contributed by atoms with Crippen LogP contribution in [0.4, 0.5) is 0 Å². The summed E-state index contributed by atoms with van der Waals surface area (Å²) in [6.07, 6.45) is 1.15. The second-order valence-electron chi connectivity index (χ2n) is 3.61. The smallest absolute Gasteiger partial charge is 0.0737 e. The van der Waals surface area contributed by atoms with Crippen molar-refractivity contribution in [2.75, 3.05) is 12.4 Å². The summed E-state index contributed by atoms with van der Waals surface area (Å²) in [5, 5.41) is 4.51. The molecule has 3 unspecified atom stereocenters. The van der Waals surface area contributed by atoms with E-state index in [4.69, 9.17) is 11.6 Å². The molecular formula is C8H15ClNS. The van der Waals surface area contributed by atoms with Crippen LogP contribution in [0.15, 0.2) is 0 Å². The van der Waals surface area contributed by atoms with Gasteiger partial charge in [-0.25, -0.2) is 5.32 Å². The van der Waals surface area contributed by atoms with Crippen molar-refractivity contribution in [3.05, 3.63) is 0 Å². The highest BCUT2D eigenvalue weighted by Crippen LogP contribution is 2.39. The highest BCUT2D eigenvalue weighted by atomic mass is 35.5. The molecule has 1 radical (unpaired) electrons. The minimum atomic E-state index is 0.100. The Hall–Kier alpha value is 0.600. The Kier molecular flexibility index (Phi) is 3.12. The van der Waals surface area contributed by atoms with Gasteiger partial charge in [-0.3, -0.25) is 0 Å². The van der Waals surface area contributed by atoms with Gasteiger partial charge in [-0.2, -0.15) is 12.6 Å².